The van der Waals surface area contributed by atoms with Crippen LogP contribution in [-0.4, -0.2) is 26.1 Å². The van der Waals surface area contributed by atoms with E-state index >= 15 is 0 Å². The fourth-order valence-electron chi connectivity index (χ4n) is 2.15. The maximum Gasteiger partial charge on any atom is 0.250 e. The van der Waals surface area contributed by atoms with Crippen LogP contribution < -0.4 is 5.32 Å². The third kappa shape index (κ3) is 3.26. The van der Waals surface area contributed by atoms with Crippen molar-refractivity contribution < 1.29 is 4.79 Å². The highest BCUT2D eigenvalue weighted by Gasteiger charge is 2.19. The van der Waals surface area contributed by atoms with Gasteiger partial charge in [0.25, 0.3) is 5.91 Å². The molecule has 0 radical (unpaired) electrons. The molecular formula is C17H17N5O. The molecule has 116 valence electrons. The van der Waals surface area contributed by atoms with Gasteiger partial charge in [-0.25, -0.2) is 0 Å². The Morgan fingerprint density at radius 2 is 1.78 bits per heavy atom. The van der Waals surface area contributed by atoms with Crippen LogP contribution in [0.15, 0.2) is 54.6 Å². The first-order chi connectivity index (χ1) is 11.1. The van der Waals surface area contributed by atoms with Crippen LogP contribution in [0.25, 0.3) is 11.4 Å². The molecule has 0 saturated carbocycles. The number of tetrazole rings is 1. The van der Waals surface area contributed by atoms with E-state index < -0.39 is 6.04 Å². The summed E-state index contributed by atoms with van der Waals surface area (Å²) >= 11 is 0. The Morgan fingerprint density at radius 3 is 2.52 bits per heavy atom. The van der Waals surface area contributed by atoms with Gasteiger partial charge in [-0.05, 0) is 30.7 Å². The van der Waals surface area contributed by atoms with Gasteiger partial charge < -0.3 is 5.32 Å². The highest BCUT2D eigenvalue weighted by molar-refractivity contribution is 5.93. The van der Waals surface area contributed by atoms with Crippen molar-refractivity contribution in [3.63, 3.8) is 0 Å². The Kier molecular flexibility index (Phi) is 4.14. The summed E-state index contributed by atoms with van der Waals surface area (Å²) in [5.74, 6) is 0.317. The maximum absolute atomic E-state index is 12.4. The molecule has 0 aliphatic rings. The summed E-state index contributed by atoms with van der Waals surface area (Å²) in [7, 11) is 0. The molecule has 0 aliphatic heterocycles. The number of rotatable bonds is 4. The number of nitrogens with zero attached hydrogens (tertiary/aromatic N) is 4. The van der Waals surface area contributed by atoms with Crippen molar-refractivity contribution >= 4 is 11.6 Å². The lowest BCUT2D eigenvalue weighted by Crippen LogP contribution is -2.25. The van der Waals surface area contributed by atoms with Crippen molar-refractivity contribution in [1.82, 2.24) is 20.2 Å². The minimum absolute atomic E-state index is 0.184. The lowest BCUT2D eigenvalue weighted by Gasteiger charge is -2.12. The number of carbonyl (C=O) groups is 1. The van der Waals surface area contributed by atoms with Crippen LogP contribution in [0.2, 0.25) is 0 Å². The van der Waals surface area contributed by atoms with Crippen LogP contribution in [0.3, 0.4) is 0 Å². The summed E-state index contributed by atoms with van der Waals surface area (Å²) in [4.78, 5) is 13.7. The molecule has 1 aromatic heterocycles. The zero-order chi connectivity index (χ0) is 16.2. The molecule has 1 N–H and O–H groups in total. The fourth-order valence-corrected chi connectivity index (χ4v) is 2.15. The molecule has 0 bridgehead atoms. The monoisotopic (exact) mass is 307 g/mol. The summed E-state index contributed by atoms with van der Waals surface area (Å²) in [6.45, 7) is 3.69. The SMILES string of the molecule is Cc1ccccc1NC(=O)C(C)n1nnc(-c2ccccc2)n1. The third-order valence-corrected chi connectivity index (χ3v) is 3.59. The fraction of sp³-hybridized carbons (Fsp3) is 0.176. The second kappa shape index (κ2) is 6.39. The number of benzene rings is 2. The number of amides is 1. The van der Waals surface area contributed by atoms with Gasteiger partial charge in [-0.15, -0.1) is 10.2 Å². The van der Waals surface area contributed by atoms with Crippen molar-refractivity contribution in [3.05, 3.63) is 60.2 Å². The Hall–Kier alpha value is -3.02. The van der Waals surface area contributed by atoms with Crippen molar-refractivity contribution in [2.75, 3.05) is 5.32 Å². The lowest BCUT2D eigenvalue weighted by molar-refractivity contribution is -0.119. The molecule has 0 fully saturated rings. The number of nitrogens with one attached hydrogen (secondary N) is 1. The number of aryl methyl sites for hydroxylation is 1. The minimum Gasteiger partial charge on any atom is -0.324 e. The maximum atomic E-state index is 12.4. The summed E-state index contributed by atoms with van der Waals surface area (Å²) in [6.07, 6.45) is 0. The van der Waals surface area contributed by atoms with Crippen molar-refractivity contribution in [3.8, 4) is 11.4 Å². The predicted molar refractivity (Wildman–Crippen MR) is 87.8 cm³/mol. The number of anilines is 1. The molecule has 3 aromatic rings. The number of para-hydroxylation sites is 1. The highest BCUT2D eigenvalue weighted by Crippen LogP contribution is 2.17. The van der Waals surface area contributed by atoms with Gasteiger partial charge in [0.2, 0.25) is 5.82 Å². The van der Waals surface area contributed by atoms with Crippen molar-refractivity contribution in [2.24, 2.45) is 0 Å². The van der Waals surface area contributed by atoms with Crippen molar-refractivity contribution in [2.45, 2.75) is 19.9 Å². The molecule has 6 heteroatoms. The molecule has 6 nitrogen and oxygen atoms in total. The van der Waals surface area contributed by atoms with E-state index in [1.165, 1.54) is 4.80 Å². The second-order valence-corrected chi connectivity index (χ2v) is 5.28. The molecule has 2 aromatic carbocycles. The van der Waals surface area contributed by atoms with Crippen LogP contribution >= 0.6 is 0 Å². The Bertz CT molecular complexity index is 813. The highest BCUT2D eigenvalue weighted by atomic mass is 16.2. The smallest absolute Gasteiger partial charge is 0.250 e. The normalized spacial score (nSPS) is 11.9. The standard InChI is InChI=1S/C17H17N5O/c1-12-8-6-7-11-15(12)18-17(23)13(2)22-20-16(19-21-22)14-9-4-3-5-10-14/h3-11,13H,1-2H3,(H,18,23). The molecule has 1 heterocycles. The average Bonchev–Trinajstić information content (AvgIpc) is 3.07. The van der Waals surface area contributed by atoms with Crippen LogP contribution in [0.5, 0.6) is 0 Å². The van der Waals surface area contributed by atoms with E-state index in [-0.39, 0.29) is 5.91 Å². The molecule has 1 amide bonds. The number of aromatic nitrogens is 4. The first kappa shape index (κ1) is 14.9. The van der Waals surface area contributed by atoms with Crippen LogP contribution in [-0.2, 0) is 4.79 Å². The predicted octanol–water partition coefficient (Wildman–Crippen LogP) is 2.85. The number of carbonyl (C=O) groups excluding carboxylic acids is 1. The van der Waals surface area contributed by atoms with E-state index in [2.05, 4.69) is 20.7 Å². The molecule has 0 aliphatic carbocycles. The molecular weight excluding hydrogens is 290 g/mol. The molecule has 1 atom stereocenters. The van der Waals surface area contributed by atoms with Crippen molar-refractivity contribution in [1.29, 1.82) is 0 Å². The molecule has 0 spiro atoms. The first-order valence-electron chi connectivity index (χ1n) is 7.36. The Morgan fingerprint density at radius 1 is 1.09 bits per heavy atom. The summed E-state index contributed by atoms with van der Waals surface area (Å²) in [5, 5.41) is 15.2. The van der Waals surface area contributed by atoms with Crippen LogP contribution in [0, 0.1) is 6.92 Å². The number of hydrogen-bond acceptors (Lipinski definition) is 4. The summed E-state index contributed by atoms with van der Waals surface area (Å²) in [6, 6.07) is 16.6. The van der Waals surface area contributed by atoms with E-state index in [4.69, 9.17) is 0 Å². The van der Waals surface area contributed by atoms with Gasteiger partial charge in [0.15, 0.2) is 0 Å². The van der Waals surface area contributed by atoms with Gasteiger partial charge in [-0.1, -0.05) is 48.5 Å². The zero-order valence-corrected chi connectivity index (χ0v) is 13.0. The molecule has 3 rings (SSSR count). The quantitative estimate of drug-likeness (QED) is 0.804. The van der Waals surface area contributed by atoms with Gasteiger partial charge in [0.1, 0.15) is 6.04 Å². The van der Waals surface area contributed by atoms with Gasteiger partial charge in [-0.3, -0.25) is 4.79 Å². The lowest BCUT2D eigenvalue weighted by atomic mass is 10.2. The van der Waals surface area contributed by atoms with Gasteiger partial charge in [-0.2, -0.15) is 4.80 Å². The Labute approximate surface area is 134 Å². The first-order valence-corrected chi connectivity index (χ1v) is 7.36. The largest absolute Gasteiger partial charge is 0.324 e. The van der Waals surface area contributed by atoms with Gasteiger partial charge in [0, 0.05) is 11.3 Å². The topological polar surface area (TPSA) is 72.7 Å². The molecule has 1 unspecified atom stereocenters. The molecule has 23 heavy (non-hydrogen) atoms. The number of hydrogen-bond donors (Lipinski definition) is 1. The van der Waals surface area contributed by atoms with E-state index in [0.29, 0.717) is 5.82 Å². The Balaban J connectivity index is 1.76. The average molecular weight is 307 g/mol. The van der Waals surface area contributed by atoms with E-state index in [1.54, 1.807) is 6.92 Å². The van der Waals surface area contributed by atoms with Crippen LogP contribution in [0.4, 0.5) is 5.69 Å². The van der Waals surface area contributed by atoms with E-state index in [1.807, 2.05) is 61.5 Å². The summed E-state index contributed by atoms with van der Waals surface area (Å²) < 4.78 is 0. The second-order valence-electron chi connectivity index (χ2n) is 5.28. The van der Waals surface area contributed by atoms with E-state index in [0.717, 1.165) is 16.8 Å². The summed E-state index contributed by atoms with van der Waals surface area (Å²) in [5.41, 5.74) is 2.66. The van der Waals surface area contributed by atoms with Gasteiger partial charge >= 0.3 is 0 Å². The third-order valence-electron chi connectivity index (χ3n) is 3.59. The van der Waals surface area contributed by atoms with Crippen LogP contribution in [0.1, 0.15) is 18.5 Å². The minimum atomic E-state index is -0.556. The van der Waals surface area contributed by atoms with Gasteiger partial charge in [0.05, 0.1) is 0 Å². The molecule has 0 saturated heterocycles. The zero-order valence-electron chi connectivity index (χ0n) is 13.0. The van der Waals surface area contributed by atoms with E-state index in [9.17, 15) is 4.79 Å².